The summed E-state index contributed by atoms with van der Waals surface area (Å²) in [7, 11) is 0. The van der Waals surface area contributed by atoms with Crippen LogP contribution in [-0.4, -0.2) is 17.1 Å². The maximum absolute atomic E-state index is 14.1. The third kappa shape index (κ3) is 6.37. The average molecular weight is 819 g/mol. The van der Waals surface area contributed by atoms with Crippen LogP contribution in [0.25, 0.3) is 6.08 Å². The number of benzene rings is 3. The molecule has 216 valence electrons. The number of carbonyl (C=O) groups is 1. The first-order chi connectivity index (χ1) is 20.1. The van der Waals surface area contributed by atoms with Crippen molar-refractivity contribution in [1.82, 2.24) is 4.57 Å². The Balaban J connectivity index is 1.65. The van der Waals surface area contributed by atoms with Crippen LogP contribution in [0.5, 0.6) is 5.75 Å². The lowest BCUT2D eigenvalue weighted by atomic mass is 9.96. The van der Waals surface area contributed by atoms with Crippen molar-refractivity contribution in [3.05, 3.63) is 125 Å². The van der Waals surface area contributed by atoms with E-state index in [0.29, 0.717) is 47.0 Å². The Morgan fingerprint density at radius 2 is 1.90 bits per heavy atom. The van der Waals surface area contributed by atoms with Gasteiger partial charge >= 0.3 is 5.97 Å². The van der Waals surface area contributed by atoms with Crippen LogP contribution in [0, 0.1) is 3.57 Å². The number of thiazole rings is 1. The smallest absolute Gasteiger partial charge is 0.338 e. The van der Waals surface area contributed by atoms with Crippen LogP contribution in [0.15, 0.2) is 80.1 Å². The molecular formula is C30H21BrCl3IN2O4S. The average Bonchev–Trinajstić information content (AvgIpc) is 3.23. The molecule has 0 radical (unpaired) electrons. The van der Waals surface area contributed by atoms with Gasteiger partial charge in [0.15, 0.2) is 4.80 Å². The molecule has 5 rings (SSSR count). The Morgan fingerprint density at radius 1 is 1.14 bits per heavy atom. The number of hydrogen-bond acceptors (Lipinski definition) is 6. The second-order valence-electron chi connectivity index (χ2n) is 9.15. The van der Waals surface area contributed by atoms with Crippen LogP contribution in [0.2, 0.25) is 15.1 Å². The standard InChI is InChI=1S/C30H21BrCl3IN2O4S/c1-3-40-29(39)25-15(2)36-30-37(26(25)20-6-4-5-7-21(20)33)28(38)24(42-30)11-17-10-18(31)12-23(35)27(17)41-14-16-8-9-19(32)13-22(16)34/h4-13,26H,3,14H2,1-2H3/b24-11-/t26-/m0/s1. The number of halogens is 5. The molecule has 1 aliphatic heterocycles. The molecule has 0 fully saturated rings. The summed E-state index contributed by atoms with van der Waals surface area (Å²) in [6, 6.07) is 15.4. The Hall–Kier alpha value is -2.15. The molecule has 1 aromatic heterocycles. The van der Waals surface area contributed by atoms with Crippen molar-refractivity contribution in [2.45, 2.75) is 26.5 Å². The van der Waals surface area contributed by atoms with Gasteiger partial charge in [-0.3, -0.25) is 9.36 Å². The van der Waals surface area contributed by atoms with Crippen LogP contribution >= 0.6 is 84.7 Å². The van der Waals surface area contributed by atoms with E-state index in [2.05, 4.69) is 43.5 Å². The van der Waals surface area contributed by atoms with Crippen LogP contribution in [-0.2, 0) is 16.1 Å². The summed E-state index contributed by atoms with van der Waals surface area (Å²) >= 11 is 26.0. The summed E-state index contributed by atoms with van der Waals surface area (Å²) in [6.07, 6.45) is 1.77. The molecule has 3 aromatic carbocycles. The van der Waals surface area contributed by atoms with Gasteiger partial charge in [0.1, 0.15) is 18.4 Å². The van der Waals surface area contributed by atoms with Gasteiger partial charge in [-0.05, 0) is 78.4 Å². The molecule has 42 heavy (non-hydrogen) atoms. The summed E-state index contributed by atoms with van der Waals surface area (Å²) in [6.45, 7) is 3.84. The molecule has 0 unspecified atom stereocenters. The molecule has 0 saturated carbocycles. The molecule has 0 amide bonds. The third-order valence-electron chi connectivity index (χ3n) is 6.43. The lowest BCUT2D eigenvalue weighted by molar-refractivity contribution is -0.139. The predicted octanol–water partition coefficient (Wildman–Crippen LogP) is 7.70. The van der Waals surface area contributed by atoms with Crippen LogP contribution < -0.4 is 19.6 Å². The Morgan fingerprint density at radius 3 is 2.62 bits per heavy atom. The minimum atomic E-state index is -0.804. The molecule has 2 heterocycles. The van der Waals surface area contributed by atoms with Crippen molar-refractivity contribution in [1.29, 1.82) is 0 Å². The predicted molar refractivity (Wildman–Crippen MR) is 180 cm³/mol. The summed E-state index contributed by atoms with van der Waals surface area (Å²) in [5, 5.41) is 1.46. The van der Waals surface area contributed by atoms with Crippen LogP contribution in [0.4, 0.5) is 0 Å². The first kappa shape index (κ1) is 31.3. The number of esters is 1. The van der Waals surface area contributed by atoms with E-state index in [0.717, 1.165) is 13.6 Å². The van der Waals surface area contributed by atoms with Crippen molar-refractivity contribution in [2.24, 2.45) is 4.99 Å². The monoisotopic (exact) mass is 816 g/mol. The normalized spacial score (nSPS) is 14.9. The first-order valence-electron chi connectivity index (χ1n) is 12.6. The minimum Gasteiger partial charge on any atom is -0.487 e. The zero-order valence-electron chi connectivity index (χ0n) is 22.1. The lowest BCUT2D eigenvalue weighted by Crippen LogP contribution is -2.40. The molecular weight excluding hydrogens is 798 g/mol. The highest BCUT2D eigenvalue weighted by molar-refractivity contribution is 14.1. The molecule has 12 heteroatoms. The molecule has 4 aromatic rings. The van der Waals surface area contributed by atoms with Crippen molar-refractivity contribution in [2.75, 3.05) is 6.61 Å². The lowest BCUT2D eigenvalue weighted by Gasteiger charge is -2.25. The second-order valence-corrected chi connectivity index (χ2v) is 13.5. The van der Waals surface area contributed by atoms with E-state index < -0.39 is 12.0 Å². The fraction of sp³-hybridized carbons (Fsp3) is 0.167. The Kier molecular flexibility index (Phi) is 9.86. The van der Waals surface area contributed by atoms with E-state index >= 15 is 0 Å². The maximum atomic E-state index is 14.1. The molecule has 1 atom stereocenters. The largest absolute Gasteiger partial charge is 0.487 e. The molecule has 0 N–H and O–H groups in total. The Bertz CT molecular complexity index is 1940. The van der Waals surface area contributed by atoms with Gasteiger partial charge in [0.05, 0.1) is 26.0 Å². The summed E-state index contributed by atoms with van der Waals surface area (Å²) in [4.78, 5) is 32.3. The number of aromatic nitrogens is 1. The van der Waals surface area contributed by atoms with Gasteiger partial charge in [-0.2, -0.15) is 0 Å². The minimum absolute atomic E-state index is 0.181. The first-order valence-corrected chi connectivity index (χ1v) is 16.4. The van der Waals surface area contributed by atoms with Gasteiger partial charge in [-0.25, -0.2) is 9.79 Å². The third-order valence-corrected chi connectivity index (χ3v) is 9.60. The van der Waals surface area contributed by atoms with Gasteiger partial charge in [0.2, 0.25) is 0 Å². The van der Waals surface area contributed by atoms with Crippen LogP contribution in [0.1, 0.15) is 36.6 Å². The molecule has 0 bridgehead atoms. The zero-order valence-corrected chi connectivity index (χ0v) is 28.9. The topological polar surface area (TPSA) is 69.9 Å². The van der Waals surface area contributed by atoms with E-state index in [1.807, 2.05) is 24.3 Å². The highest BCUT2D eigenvalue weighted by atomic mass is 127. The quantitative estimate of drug-likeness (QED) is 0.142. The Labute approximate surface area is 282 Å². The molecule has 0 saturated heterocycles. The second kappa shape index (κ2) is 13.2. The zero-order chi connectivity index (χ0) is 30.1. The fourth-order valence-corrected chi connectivity index (χ4v) is 8.00. The number of rotatable bonds is 7. The number of allylic oxidation sites excluding steroid dienone is 1. The van der Waals surface area contributed by atoms with Crippen molar-refractivity contribution in [3.8, 4) is 5.75 Å². The number of fused-ring (bicyclic) bond motifs is 1. The van der Waals surface area contributed by atoms with Crippen LogP contribution in [0.3, 0.4) is 0 Å². The van der Waals surface area contributed by atoms with E-state index in [1.54, 1.807) is 50.3 Å². The summed E-state index contributed by atoms with van der Waals surface area (Å²) in [5.74, 6) is 0.0396. The van der Waals surface area contributed by atoms with E-state index in [4.69, 9.17) is 44.3 Å². The molecule has 6 nitrogen and oxygen atoms in total. The number of nitrogens with zero attached hydrogens (tertiary/aromatic N) is 2. The van der Waals surface area contributed by atoms with E-state index in [1.165, 1.54) is 15.9 Å². The van der Waals surface area contributed by atoms with Crippen molar-refractivity contribution < 1.29 is 14.3 Å². The summed E-state index contributed by atoms with van der Waals surface area (Å²) < 4.78 is 15.2. The van der Waals surface area contributed by atoms with E-state index in [9.17, 15) is 9.59 Å². The number of hydrogen-bond donors (Lipinski definition) is 0. The SMILES string of the molecule is CCOC(=O)C1=C(C)N=c2s/c(=C\c3cc(Br)cc(I)c3OCc3ccc(Cl)cc3Cl)c(=O)n2[C@H]1c1ccccc1Cl. The number of carbonyl (C=O) groups excluding carboxylic acids is 1. The van der Waals surface area contributed by atoms with E-state index in [-0.39, 0.29) is 24.3 Å². The molecule has 0 spiro atoms. The highest BCUT2D eigenvalue weighted by Crippen LogP contribution is 2.35. The van der Waals surface area contributed by atoms with Gasteiger partial charge in [-0.1, -0.05) is 86.3 Å². The van der Waals surface area contributed by atoms with Gasteiger partial charge in [0, 0.05) is 30.7 Å². The van der Waals surface area contributed by atoms with Gasteiger partial charge < -0.3 is 9.47 Å². The van der Waals surface area contributed by atoms with Gasteiger partial charge in [-0.15, -0.1) is 0 Å². The fourth-order valence-electron chi connectivity index (χ4n) is 4.55. The molecule has 1 aliphatic rings. The molecule has 0 aliphatic carbocycles. The van der Waals surface area contributed by atoms with Gasteiger partial charge in [0.25, 0.3) is 5.56 Å². The van der Waals surface area contributed by atoms with Crippen molar-refractivity contribution in [3.63, 3.8) is 0 Å². The maximum Gasteiger partial charge on any atom is 0.338 e. The number of ether oxygens (including phenoxy) is 2. The summed E-state index contributed by atoms with van der Waals surface area (Å²) in [5.41, 5.74) is 2.47. The van der Waals surface area contributed by atoms with Crippen molar-refractivity contribution >= 4 is 96.7 Å². The highest BCUT2D eigenvalue weighted by Gasteiger charge is 2.34.